The molecular weight excluding hydrogens is 218 g/mol. The minimum Gasteiger partial charge on any atom is -0.476 e. The average molecular weight is 229 g/mol. The van der Waals surface area contributed by atoms with Crippen molar-refractivity contribution in [3.05, 3.63) is 48.7 Å². The van der Waals surface area contributed by atoms with Gasteiger partial charge in [-0.3, -0.25) is 0 Å². The Kier molecular flexibility index (Phi) is 3.00. The second-order valence-corrected chi connectivity index (χ2v) is 3.43. The molecule has 5 heteroatoms. The number of carbonyl (C=O) groups is 1. The molecule has 0 unspecified atom stereocenters. The molecule has 0 atom stereocenters. The van der Waals surface area contributed by atoms with E-state index >= 15 is 0 Å². The molecule has 86 valence electrons. The van der Waals surface area contributed by atoms with Gasteiger partial charge in [0.1, 0.15) is 5.69 Å². The summed E-state index contributed by atoms with van der Waals surface area (Å²) < 4.78 is 1.52. The van der Waals surface area contributed by atoms with Crippen LogP contribution in [0.15, 0.2) is 43.0 Å². The maximum Gasteiger partial charge on any atom is 0.358 e. The Hall–Kier alpha value is -2.43. The second-order valence-electron chi connectivity index (χ2n) is 3.43. The van der Waals surface area contributed by atoms with Crippen LogP contribution in [0, 0.1) is 0 Å². The minimum absolute atomic E-state index is 0.0435. The van der Waals surface area contributed by atoms with Crippen LogP contribution in [0.4, 0.5) is 0 Å². The topological polar surface area (TPSA) is 68.0 Å². The molecule has 1 heterocycles. The zero-order chi connectivity index (χ0) is 12.3. The molecule has 5 nitrogen and oxygen atoms in total. The lowest BCUT2D eigenvalue weighted by atomic mass is 10.1. The molecule has 1 aromatic heterocycles. The fourth-order valence-electron chi connectivity index (χ4n) is 1.59. The van der Waals surface area contributed by atoms with Gasteiger partial charge in [0.2, 0.25) is 0 Å². The van der Waals surface area contributed by atoms with E-state index in [0.717, 1.165) is 5.56 Å². The number of carboxylic acids is 1. The number of rotatable bonds is 4. The van der Waals surface area contributed by atoms with Gasteiger partial charge in [0, 0.05) is 5.56 Å². The summed E-state index contributed by atoms with van der Waals surface area (Å²) in [5, 5.41) is 16.6. The Morgan fingerprint density at radius 2 is 2.12 bits per heavy atom. The van der Waals surface area contributed by atoms with E-state index in [4.69, 9.17) is 5.11 Å². The van der Waals surface area contributed by atoms with Gasteiger partial charge in [0.15, 0.2) is 5.69 Å². The van der Waals surface area contributed by atoms with Gasteiger partial charge in [-0.1, -0.05) is 41.6 Å². The Morgan fingerprint density at radius 3 is 2.71 bits per heavy atom. The van der Waals surface area contributed by atoms with Crippen molar-refractivity contribution < 1.29 is 9.90 Å². The van der Waals surface area contributed by atoms with Crippen molar-refractivity contribution in [1.82, 2.24) is 15.0 Å². The normalized spacial score (nSPS) is 10.1. The summed E-state index contributed by atoms with van der Waals surface area (Å²) in [6.45, 7) is 4.03. The van der Waals surface area contributed by atoms with E-state index in [1.165, 1.54) is 4.68 Å². The Morgan fingerprint density at radius 1 is 1.41 bits per heavy atom. The van der Waals surface area contributed by atoms with Crippen molar-refractivity contribution >= 4 is 5.97 Å². The van der Waals surface area contributed by atoms with Crippen LogP contribution in [0.2, 0.25) is 0 Å². The van der Waals surface area contributed by atoms with Gasteiger partial charge in [-0.05, 0) is 0 Å². The number of hydrogen-bond acceptors (Lipinski definition) is 3. The summed E-state index contributed by atoms with van der Waals surface area (Å²) >= 11 is 0. The maximum absolute atomic E-state index is 11.1. The number of aromatic carboxylic acids is 1. The van der Waals surface area contributed by atoms with Crippen molar-refractivity contribution in [2.45, 2.75) is 6.54 Å². The zero-order valence-electron chi connectivity index (χ0n) is 9.08. The van der Waals surface area contributed by atoms with Crippen LogP contribution >= 0.6 is 0 Å². The van der Waals surface area contributed by atoms with Gasteiger partial charge in [-0.2, -0.15) is 0 Å². The average Bonchev–Trinajstić information content (AvgIpc) is 2.74. The Bertz CT molecular complexity index is 546. The van der Waals surface area contributed by atoms with E-state index < -0.39 is 5.97 Å². The maximum atomic E-state index is 11.1. The second kappa shape index (κ2) is 4.61. The van der Waals surface area contributed by atoms with E-state index in [2.05, 4.69) is 16.9 Å². The highest BCUT2D eigenvalue weighted by atomic mass is 16.4. The van der Waals surface area contributed by atoms with Gasteiger partial charge >= 0.3 is 5.97 Å². The smallest absolute Gasteiger partial charge is 0.358 e. The molecule has 0 aliphatic carbocycles. The summed E-state index contributed by atoms with van der Waals surface area (Å²) in [7, 11) is 0. The lowest BCUT2D eigenvalue weighted by molar-refractivity contribution is 0.0691. The highest BCUT2D eigenvalue weighted by Gasteiger charge is 2.19. The van der Waals surface area contributed by atoms with Gasteiger partial charge < -0.3 is 5.11 Å². The molecule has 0 aliphatic heterocycles. The third-order valence-electron chi connectivity index (χ3n) is 2.29. The number of aromatic nitrogens is 3. The first-order valence-corrected chi connectivity index (χ1v) is 5.07. The number of allylic oxidation sites excluding steroid dienone is 1. The molecule has 1 aromatic carbocycles. The van der Waals surface area contributed by atoms with E-state index in [9.17, 15) is 4.79 Å². The largest absolute Gasteiger partial charge is 0.476 e. The highest BCUT2D eigenvalue weighted by molar-refractivity contribution is 5.92. The monoisotopic (exact) mass is 229 g/mol. The molecule has 2 aromatic rings. The summed E-state index contributed by atoms with van der Waals surface area (Å²) in [5.74, 6) is -1.08. The van der Waals surface area contributed by atoms with Crippen molar-refractivity contribution in [1.29, 1.82) is 0 Å². The Balaban J connectivity index is 2.60. The van der Waals surface area contributed by atoms with Gasteiger partial charge in [0.05, 0.1) is 6.54 Å². The molecule has 2 rings (SSSR count). The van der Waals surface area contributed by atoms with Crippen molar-refractivity contribution in [3.8, 4) is 11.3 Å². The molecule has 0 aliphatic rings. The van der Waals surface area contributed by atoms with Crippen LogP contribution in [0.25, 0.3) is 11.3 Å². The van der Waals surface area contributed by atoms with Crippen LogP contribution < -0.4 is 0 Å². The van der Waals surface area contributed by atoms with Crippen LogP contribution in [0.1, 0.15) is 10.5 Å². The van der Waals surface area contributed by atoms with Crippen molar-refractivity contribution in [3.63, 3.8) is 0 Å². The molecule has 0 radical (unpaired) electrons. The van der Waals surface area contributed by atoms with E-state index in [0.29, 0.717) is 12.2 Å². The predicted octanol–water partition coefficient (Wildman–Crippen LogP) is 1.83. The predicted molar refractivity (Wildman–Crippen MR) is 62.6 cm³/mol. The Labute approximate surface area is 98.0 Å². The molecule has 0 saturated heterocycles. The third-order valence-corrected chi connectivity index (χ3v) is 2.29. The summed E-state index contributed by atoms with van der Waals surface area (Å²) in [6.07, 6.45) is 1.65. The summed E-state index contributed by atoms with van der Waals surface area (Å²) in [6, 6.07) is 9.19. The molecule has 0 amide bonds. The molecule has 0 fully saturated rings. The fraction of sp³-hybridized carbons (Fsp3) is 0.0833. The molecule has 0 saturated carbocycles. The lowest BCUT2D eigenvalue weighted by Gasteiger charge is -2.04. The molecule has 1 N–H and O–H groups in total. The first-order chi connectivity index (χ1) is 8.24. The molecule has 17 heavy (non-hydrogen) atoms. The highest BCUT2D eigenvalue weighted by Crippen LogP contribution is 2.21. The van der Waals surface area contributed by atoms with Crippen molar-refractivity contribution in [2.24, 2.45) is 0 Å². The minimum atomic E-state index is -1.08. The van der Waals surface area contributed by atoms with Crippen LogP contribution in [-0.2, 0) is 6.54 Å². The van der Waals surface area contributed by atoms with E-state index in [1.54, 1.807) is 6.08 Å². The van der Waals surface area contributed by atoms with Gasteiger partial charge in [0.25, 0.3) is 0 Å². The van der Waals surface area contributed by atoms with Crippen LogP contribution in [-0.4, -0.2) is 26.1 Å². The summed E-state index contributed by atoms with van der Waals surface area (Å²) in [5.41, 5.74) is 1.23. The quantitative estimate of drug-likeness (QED) is 0.812. The van der Waals surface area contributed by atoms with Gasteiger partial charge in [-0.25, -0.2) is 9.48 Å². The van der Waals surface area contributed by atoms with Crippen LogP contribution in [0.5, 0.6) is 0 Å². The first-order valence-electron chi connectivity index (χ1n) is 5.07. The molecule has 0 bridgehead atoms. The number of hydrogen-bond donors (Lipinski definition) is 1. The lowest BCUT2D eigenvalue weighted by Crippen LogP contribution is -2.03. The SMILES string of the molecule is C=CCn1nnc(C(=O)O)c1-c1ccccc1. The van der Waals surface area contributed by atoms with Crippen LogP contribution in [0.3, 0.4) is 0 Å². The first kappa shape index (κ1) is 11.1. The molecular formula is C12H11N3O2. The van der Waals surface area contributed by atoms with E-state index in [-0.39, 0.29) is 5.69 Å². The number of nitrogens with zero attached hydrogens (tertiary/aromatic N) is 3. The standard InChI is InChI=1S/C12H11N3O2/c1-2-8-15-11(9-6-4-3-5-7-9)10(12(16)17)13-14-15/h2-7H,1,8H2,(H,16,17). The number of carboxylic acid groups (broad SMARTS) is 1. The third kappa shape index (κ3) is 2.08. The fourth-order valence-corrected chi connectivity index (χ4v) is 1.59. The van der Waals surface area contributed by atoms with Gasteiger partial charge in [-0.15, -0.1) is 11.7 Å². The summed E-state index contributed by atoms with van der Waals surface area (Å²) in [4.78, 5) is 11.1. The molecule has 0 spiro atoms. The number of benzene rings is 1. The zero-order valence-corrected chi connectivity index (χ0v) is 9.08. The van der Waals surface area contributed by atoms with E-state index in [1.807, 2.05) is 30.3 Å². The van der Waals surface area contributed by atoms with Crippen molar-refractivity contribution in [2.75, 3.05) is 0 Å².